The van der Waals surface area contributed by atoms with Crippen LogP contribution in [0.15, 0.2) is 64.5 Å². The van der Waals surface area contributed by atoms with Crippen LogP contribution in [0.25, 0.3) is 5.69 Å². The SMILES string of the molecule is O=C(N/N=C/c1sc(=O)n(-c2ccccc2)c1Cl)c1ccc(F)cc1. The Labute approximate surface area is 151 Å². The topological polar surface area (TPSA) is 63.5 Å². The average Bonchev–Trinajstić information content (AvgIpc) is 2.90. The molecule has 1 amide bonds. The summed E-state index contributed by atoms with van der Waals surface area (Å²) in [5.74, 6) is -0.930. The van der Waals surface area contributed by atoms with Gasteiger partial charge in [0.05, 0.1) is 16.8 Å². The van der Waals surface area contributed by atoms with Crippen molar-refractivity contribution in [1.29, 1.82) is 0 Å². The summed E-state index contributed by atoms with van der Waals surface area (Å²) in [6.45, 7) is 0. The molecule has 3 rings (SSSR count). The van der Waals surface area contributed by atoms with Crippen LogP contribution in [0, 0.1) is 5.82 Å². The smallest absolute Gasteiger partial charge is 0.267 e. The highest BCUT2D eigenvalue weighted by Gasteiger charge is 2.13. The van der Waals surface area contributed by atoms with E-state index in [-0.39, 0.29) is 15.6 Å². The molecule has 0 aliphatic rings. The molecule has 25 heavy (non-hydrogen) atoms. The number of nitrogens with zero attached hydrogens (tertiary/aromatic N) is 2. The molecular weight excluding hydrogens is 365 g/mol. The van der Waals surface area contributed by atoms with Crippen molar-refractivity contribution in [2.24, 2.45) is 5.10 Å². The van der Waals surface area contributed by atoms with Gasteiger partial charge in [-0.1, -0.05) is 41.1 Å². The number of rotatable bonds is 4. The summed E-state index contributed by atoms with van der Waals surface area (Å²) in [6, 6.07) is 14.0. The van der Waals surface area contributed by atoms with E-state index in [9.17, 15) is 14.0 Å². The van der Waals surface area contributed by atoms with Gasteiger partial charge in [-0.05, 0) is 36.4 Å². The summed E-state index contributed by atoms with van der Waals surface area (Å²) < 4.78 is 14.2. The first-order valence-electron chi connectivity index (χ1n) is 7.12. The maximum Gasteiger partial charge on any atom is 0.313 e. The summed E-state index contributed by atoms with van der Waals surface area (Å²) in [5, 5.41) is 4.01. The number of hydrogen-bond donors (Lipinski definition) is 1. The Hall–Kier alpha value is -2.77. The molecule has 0 spiro atoms. The first-order valence-corrected chi connectivity index (χ1v) is 8.31. The first-order chi connectivity index (χ1) is 12.1. The summed E-state index contributed by atoms with van der Waals surface area (Å²) >= 11 is 7.15. The second kappa shape index (κ2) is 7.42. The van der Waals surface area contributed by atoms with Crippen molar-refractivity contribution < 1.29 is 9.18 Å². The van der Waals surface area contributed by atoms with Gasteiger partial charge in [-0.15, -0.1) is 0 Å². The standard InChI is InChI=1S/C17H11ClFN3O2S/c18-15-14(25-17(24)22(15)13-4-2-1-3-5-13)10-20-21-16(23)11-6-8-12(19)9-7-11/h1-10H,(H,21,23)/b20-10+. The lowest BCUT2D eigenvalue weighted by Gasteiger charge is -2.02. The lowest BCUT2D eigenvalue weighted by Crippen LogP contribution is -2.17. The zero-order valence-electron chi connectivity index (χ0n) is 12.6. The maximum atomic E-state index is 12.8. The third-order valence-electron chi connectivity index (χ3n) is 3.25. The number of amides is 1. The Bertz CT molecular complexity index is 981. The number of para-hydroxylation sites is 1. The fourth-order valence-corrected chi connectivity index (χ4v) is 3.21. The Morgan fingerprint density at radius 1 is 1.16 bits per heavy atom. The van der Waals surface area contributed by atoms with E-state index in [0.29, 0.717) is 10.6 Å². The molecule has 0 bridgehead atoms. The van der Waals surface area contributed by atoms with E-state index in [1.54, 1.807) is 24.3 Å². The monoisotopic (exact) mass is 375 g/mol. The van der Waals surface area contributed by atoms with Crippen molar-refractivity contribution in [3.05, 3.63) is 85.7 Å². The molecule has 2 aromatic carbocycles. The van der Waals surface area contributed by atoms with E-state index in [0.717, 1.165) is 11.3 Å². The van der Waals surface area contributed by atoms with Crippen LogP contribution in [0.3, 0.4) is 0 Å². The van der Waals surface area contributed by atoms with Gasteiger partial charge in [-0.25, -0.2) is 9.82 Å². The minimum absolute atomic E-state index is 0.209. The second-order valence-electron chi connectivity index (χ2n) is 4.90. The molecule has 1 N–H and O–H groups in total. The van der Waals surface area contributed by atoms with Crippen molar-refractivity contribution in [1.82, 2.24) is 9.99 Å². The quantitative estimate of drug-likeness (QED) is 0.560. The predicted octanol–water partition coefficient (Wildman–Crippen LogP) is 3.46. The molecule has 5 nitrogen and oxygen atoms in total. The number of thiazole rings is 1. The van der Waals surface area contributed by atoms with Crippen LogP contribution in [0.5, 0.6) is 0 Å². The van der Waals surface area contributed by atoms with Crippen LogP contribution < -0.4 is 10.3 Å². The van der Waals surface area contributed by atoms with Gasteiger partial charge in [0.1, 0.15) is 11.0 Å². The molecule has 0 saturated heterocycles. The first kappa shape index (κ1) is 17.1. The maximum absolute atomic E-state index is 12.8. The summed E-state index contributed by atoms with van der Waals surface area (Å²) in [5.41, 5.74) is 3.21. The minimum atomic E-state index is -0.498. The molecule has 8 heteroatoms. The highest BCUT2D eigenvalue weighted by atomic mass is 35.5. The Kier molecular flexibility index (Phi) is 5.06. The van der Waals surface area contributed by atoms with Crippen molar-refractivity contribution in [3.8, 4) is 5.69 Å². The summed E-state index contributed by atoms with van der Waals surface area (Å²) in [4.78, 5) is 24.2. The van der Waals surface area contributed by atoms with Gasteiger partial charge in [0, 0.05) is 5.56 Å². The molecule has 0 radical (unpaired) electrons. The Balaban J connectivity index is 1.77. The Morgan fingerprint density at radius 3 is 2.52 bits per heavy atom. The third-order valence-corrected chi connectivity index (χ3v) is 4.61. The fraction of sp³-hybridized carbons (Fsp3) is 0. The van der Waals surface area contributed by atoms with E-state index in [2.05, 4.69) is 10.5 Å². The lowest BCUT2D eigenvalue weighted by molar-refractivity contribution is 0.0955. The van der Waals surface area contributed by atoms with Gasteiger partial charge in [-0.3, -0.25) is 14.2 Å². The number of aromatic nitrogens is 1. The van der Waals surface area contributed by atoms with Gasteiger partial charge < -0.3 is 0 Å². The van der Waals surface area contributed by atoms with Gasteiger partial charge in [0.15, 0.2) is 0 Å². The highest BCUT2D eigenvalue weighted by Crippen LogP contribution is 2.20. The molecule has 0 atom stereocenters. The number of hydrazone groups is 1. The number of carbonyl (C=O) groups excluding carboxylic acids is 1. The zero-order chi connectivity index (χ0) is 17.8. The average molecular weight is 376 g/mol. The van der Waals surface area contributed by atoms with Crippen molar-refractivity contribution >= 4 is 35.1 Å². The molecule has 126 valence electrons. The van der Waals surface area contributed by atoms with Crippen molar-refractivity contribution in [2.75, 3.05) is 0 Å². The van der Waals surface area contributed by atoms with E-state index in [1.165, 1.54) is 35.0 Å². The number of hydrogen-bond acceptors (Lipinski definition) is 4. The second-order valence-corrected chi connectivity index (χ2v) is 6.25. The molecule has 0 unspecified atom stereocenters. The predicted molar refractivity (Wildman–Crippen MR) is 96.4 cm³/mol. The molecular formula is C17H11ClFN3O2S. The van der Waals surface area contributed by atoms with E-state index >= 15 is 0 Å². The van der Waals surface area contributed by atoms with Gasteiger partial charge in [0.25, 0.3) is 5.91 Å². The summed E-state index contributed by atoms with van der Waals surface area (Å²) in [7, 11) is 0. The lowest BCUT2D eigenvalue weighted by atomic mass is 10.2. The number of nitrogens with one attached hydrogen (secondary N) is 1. The molecule has 1 heterocycles. The summed E-state index contributed by atoms with van der Waals surface area (Å²) in [6.07, 6.45) is 1.30. The molecule has 0 fully saturated rings. The molecule has 0 saturated carbocycles. The number of benzene rings is 2. The molecule has 1 aromatic heterocycles. The minimum Gasteiger partial charge on any atom is -0.267 e. The number of carbonyl (C=O) groups is 1. The van der Waals surface area contributed by atoms with Gasteiger partial charge in [-0.2, -0.15) is 5.10 Å². The van der Waals surface area contributed by atoms with Crippen LogP contribution in [-0.4, -0.2) is 16.7 Å². The van der Waals surface area contributed by atoms with Gasteiger partial charge >= 0.3 is 4.87 Å². The number of halogens is 2. The molecule has 0 aliphatic heterocycles. The fourth-order valence-electron chi connectivity index (χ4n) is 2.06. The van der Waals surface area contributed by atoms with Gasteiger partial charge in [0.2, 0.25) is 0 Å². The van der Waals surface area contributed by atoms with Crippen LogP contribution in [0.1, 0.15) is 15.2 Å². The van der Waals surface area contributed by atoms with Crippen LogP contribution >= 0.6 is 22.9 Å². The zero-order valence-corrected chi connectivity index (χ0v) is 14.2. The Morgan fingerprint density at radius 2 is 1.84 bits per heavy atom. The van der Waals surface area contributed by atoms with E-state index < -0.39 is 11.7 Å². The highest BCUT2D eigenvalue weighted by molar-refractivity contribution is 7.11. The van der Waals surface area contributed by atoms with Crippen molar-refractivity contribution in [3.63, 3.8) is 0 Å². The van der Waals surface area contributed by atoms with Crippen LogP contribution in [-0.2, 0) is 0 Å². The van der Waals surface area contributed by atoms with Crippen LogP contribution in [0.2, 0.25) is 5.15 Å². The molecule has 0 aliphatic carbocycles. The molecule has 3 aromatic rings. The largest absolute Gasteiger partial charge is 0.313 e. The third kappa shape index (κ3) is 3.84. The van der Waals surface area contributed by atoms with E-state index in [1.807, 2.05) is 6.07 Å². The van der Waals surface area contributed by atoms with Crippen LogP contribution in [0.4, 0.5) is 4.39 Å². The van der Waals surface area contributed by atoms with Crippen molar-refractivity contribution in [2.45, 2.75) is 0 Å². The van der Waals surface area contributed by atoms with E-state index in [4.69, 9.17) is 11.6 Å². The normalized spacial score (nSPS) is 11.0.